The molecule has 6 heteroatoms. The number of esters is 1. The lowest BCUT2D eigenvalue weighted by Crippen LogP contribution is -2.06. The molecule has 0 N–H and O–H groups in total. The second kappa shape index (κ2) is 8.09. The SMILES string of the molecule is COc1ccc(COC(=O)/C(=C/c2cccs2)c2cccs2)cc1F. The third-order valence-electron chi connectivity index (χ3n) is 3.42. The smallest absolute Gasteiger partial charge is 0.339 e. The van der Waals surface area contributed by atoms with Crippen LogP contribution in [-0.2, 0) is 16.1 Å². The Morgan fingerprint density at radius 1 is 1.16 bits per heavy atom. The molecule has 3 aromatic rings. The zero-order valence-electron chi connectivity index (χ0n) is 13.4. The second-order valence-electron chi connectivity index (χ2n) is 5.10. The average Bonchev–Trinajstić information content (AvgIpc) is 3.31. The average molecular weight is 374 g/mol. The molecule has 128 valence electrons. The van der Waals surface area contributed by atoms with Gasteiger partial charge in [-0.1, -0.05) is 18.2 Å². The Hall–Kier alpha value is -2.44. The van der Waals surface area contributed by atoms with Crippen LogP contribution >= 0.6 is 22.7 Å². The first-order valence-electron chi connectivity index (χ1n) is 7.46. The maximum Gasteiger partial charge on any atom is 0.339 e. The standard InChI is InChI=1S/C19H15FO3S2/c1-22-17-7-6-13(10-16(17)20)12-23-19(21)15(18-5-3-9-25-18)11-14-4-2-8-24-14/h2-11H,12H2,1H3/b15-11+. The zero-order valence-corrected chi connectivity index (χ0v) is 15.0. The van der Waals surface area contributed by atoms with Crippen molar-refractivity contribution in [3.63, 3.8) is 0 Å². The molecule has 0 spiro atoms. The van der Waals surface area contributed by atoms with Crippen molar-refractivity contribution in [2.45, 2.75) is 6.61 Å². The molecule has 0 radical (unpaired) electrons. The fraction of sp³-hybridized carbons (Fsp3) is 0.105. The summed E-state index contributed by atoms with van der Waals surface area (Å²) in [6.45, 7) is -0.00704. The molecular formula is C19H15FO3S2. The van der Waals surface area contributed by atoms with Crippen LogP contribution in [0.4, 0.5) is 4.39 Å². The Bertz CT molecular complexity index is 868. The third-order valence-corrected chi connectivity index (χ3v) is 5.14. The Labute approximate surface area is 153 Å². The number of hydrogen-bond donors (Lipinski definition) is 0. The van der Waals surface area contributed by atoms with E-state index < -0.39 is 11.8 Å². The number of carbonyl (C=O) groups excluding carboxylic acids is 1. The lowest BCUT2D eigenvalue weighted by molar-refractivity contribution is -0.137. The first kappa shape index (κ1) is 17.4. The van der Waals surface area contributed by atoms with E-state index in [1.807, 2.05) is 41.1 Å². The number of halogens is 1. The molecule has 1 aromatic carbocycles. The van der Waals surface area contributed by atoms with E-state index in [4.69, 9.17) is 9.47 Å². The predicted molar refractivity (Wildman–Crippen MR) is 99.3 cm³/mol. The first-order valence-corrected chi connectivity index (χ1v) is 9.22. The van der Waals surface area contributed by atoms with Gasteiger partial charge in [0.1, 0.15) is 6.61 Å². The van der Waals surface area contributed by atoms with Gasteiger partial charge < -0.3 is 9.47 Å². The maximum atomic E-state index is 13.7. The summed E-state index contributed by atoms with van der Waals surface area (Å²) in [7, 11) is 1.40. The zero-order chi connectivity index (χ0) is 17.6. The lowest BCUT2D eigenvalue weighted by atomic mass is 10.2. The minimum absolute atomic E-state index is 0.00704. The maximum absolute atomic E-state index is 13.7. The van der Waals surface area contributed by atoms with Crippen molar-refractivity contribution < 1.29 is 18.7 Å². The second-order valence-corrected chi connectivity index (χ2v) is 7.02. The van der Waals surface area contributed by atoms with Gasteiger partial charge in [-0.2, -0.15) is 0 Å². The normalized spacial score (nSPS) is 11.4. The van der Waals surface area contributed by atoms with Crippen LogP contribution in [-0.4, -0.2) is 13.1 Å². The minimum Gasteiger partial charge on any atom is -0.494 e. The molecule has 0 aliphatic heterocycles. The molecule has 3 nitrogen and oxygen atoms in total. The van der Waals surface area contributed by atoms with E-state index >= 15 is 0 Å². The number of rotatable bonds is 6. The molecule has 2 heterocycles. The van der Waals surface area contributed by atoms with Crippen molar-refractivity contribution in [3.05, 3.63) is 74.4 Å². The summed E-state index contributed by atoms with van der Waals surface area (Å²) in [6, 6.07) is 12.1. The molecule has 0 saturated heterocycles. The van der Waals surface area contributed by atoms with Gasteiger partial charge in [0.05, 0.1) is 12.7 Å². The molecule has 0 bridgehead atoms. The molecule has 3 rings (SSSR count). The van der Waals surface area contributed by atoms with Crippen LogP contribution in [0, 0.1) is 5.82 Å². The number of methoxy groups -OCH3 is 1. The van der Waals surface area contributed by atoms with Crippen LogP contribution in [0.1, 0.15) is 15.3 Å². The van der Waals surface area contributed by atoms with Crippen molar-refractivity contribution >= 4 is 40.3 Å². The van der Waals surface area contributed by atoms with Crippen molar-refractivity contribution in [2.75, 3.05) is 7.11 Å². The van der Waals surface area contributed by atoms with Gasteiger partial charge in [-0.25, -0.2) is 9.18 Å². The van der Waals surface area contributed by atoms with Gasteiger partial charge in [0.2, 0.25) is 0 Å². The van der Waals surface area contributed by atoms with Gasteiger partial charge in [-0.3, -0.25) is 0 Å². The molecule has 0 amide bonds. The molecule has 0 fully saturated rings. The Kier molecular flexibility index (Phi) is 5.63. The minimum atomic E-state index is -0.483. The predicted octanol–water partition coefficient (Wildman–Crippen LogP) is 5.24. The van der Waals surface area contributed by atoms with Crippen molar-refractivity contribution in [3.8, 4) is 5.75 Å². The van der Waals surface area contributed by atoms with E-state index in [1.54, 1.807) is 17.4 Å². The Morgan fingerprint density at radius 3 is 2.60 bits per heavy atom. The quantitative estimate of drug-likeness (QED) is 0.437. The molecular weight excluding hydrogens is 359 g/mol. The van der Waals surface area contributed by atoms with E-state index in [2.05, 4.69) is 0 Å². The third kappa shape index (κ3) is 4.35. The summed E-state index contributed by atoms with van der Waals surface area (Å²) in [5, 5.41) is 3.85. The summed E-state index contributed by atoms with van der Waals surface area (Å²) in [6.07, 6.45) is 1.81. The van der Waals surface area contributed by atoms with E-state index in [9.17, 15) is 9.18 Å². The van der Waals surface area contributed by atoms with Gasteiger partial charge in [-0.05, 0) is 46.7 Å². The summed E-state index contributed by atoms with van der Waals surface area (Å²) >= 11 is 3.01. The van der Waals surface area contributed by atoms with Gasteiger partial charge in [-0.15, -0.1) is 22.7 Å². The molecule has 2 aromatic heterocycles. The number of ether oxygens (including phenoxy) is 2. The molecule has 0 unspecified atom stereocenters. The molecule has 0 aliphatic rings. The Morgan fingerprint density at radius 2 is 1.96 bits per heavy atom. The van der Waals surface area contributed by atoms with Crippen LogP contribution in [0.5, 0.6) is 5.75 Å². The topological polar surface area (TPSA) is 35.5 Å². The van der Waals surface area contributed by atoms with Crippen LogP contribution < -0.4 is 4.74 Å². The van der Waals surface area contributed by atoms with Gasteiger partial charge in [0.25, 0.3) is 0 Å². The molecule has 0 atom stereocenters. The molecule has 25 heavy (non-hydrogen) atoms. The van der Waals surface area contributed by atoms with E-state index in [0.29, 0.717) is 11.1 Å². The van der Waals surface area contributed by atoms with Crippen molar-refractivity contribution in [1.82, 2.24) is 0 Å². The van der Waals surface area contributed by atoms with Gasteiger partial charge in [0.15, 0.2) is 11.6 Å². The molecule has 0 saturated carbocycles. The monoisotopic (exact) mass is 374 g/mol. The first-order chi connectivity index (χ1) is 12.2. The summed E-state index contributed by atoms with van der Waals surface area (Å²) in [5.74, 6) is -0.761. The summed E-state index contributed by atoms with van der Waals surface area (Å²) in [4.78, 5) is 14.4. The molecule has 0 aliphatic carbocycles. The van der Waals surface area contributed by atoms with Gasteiger partial charge >= 0.3 is 5.97 Å². The number of benzene rings is 1. The number of carbonyl (C=O) groups is 1. The Balaban J connectivity index is 1.76. The highest BCUT2D eigenvalue weighted by Gasteiger charge is 2.16. The summed E-state index contributed by atoms with van der Waals surface area (Å²) < 4.78 is 24.0. The highest BCUT2D eigenvalue weighted by atomic mass is 32.1. The van der Waals surface area contributed by atoms with Crippen molar-refractivity contribution in [2.24, 2.45) is 0 Å². The lowest BCUT2D eigenvalue weighted by Gasteiger charge is -2.08. The highest BCUT2D eigenvalue weighted by Crippen LogP contribution is 2.26. The van der Waals surface area contributed by atoms with Crippen LogP contribution in [0.2, 0.25) is 0 Å². The highest BCUT2D eigenvalue weighted by molar-refractivity contribution is 7.12. The van der Waals surface area contributed by atoms with E-state index in [-0.39, 0.29) is 12.4 Å². The van der Waals surface area contributed by atoms with E-state index in [0.717, 1.165) is 9.75 Å². The van der Waals surface area contributed by atoms with E-state index in [1.165, 1.54) is 30.6 Å². The fourth-order valence-corrected chi connectivity index (χ4v) is 3.59. The van der Waals surface area contributed by atoms with Crippen molar-refractivity contribution in [1.29, 1.82) is 0 Å². The number of thiophene rings is 2. The van der Waals surface area contributed by atoms with Gasteiger partial charge in [0, 0.05) is 9.75 Å². The summed E-state index contributed by atoms with van der Waals surface area (Å²) in [5.41, 5.74) is 1.06. The fourth-order valence-electron chi connectivity index (χ4n) is 2.20. The largest absolute Gasteiger partial charge is 0.494 e. The van der Waals surface area contributed by atoms with Crippen LogP contribution in [0.3, 0.4) is 0 Å². The van der Waals surface area contributed by atoms with Crippen LogP contribution in [0.25, 0.3) is 11.6 Å². The number of hydrogen-bond acceptors (Lipinski definition) is 5. The van der Waals surface area contributed by atoms with Crippen LogP contribution in [0.15, 0.2) is 53.2 Å².